The van der Waals surface area contributed by atoms with E-state index in [1.54, 1.807) is 18.3 Å². The number of esters is 1. The first-order chi connectivity index (χ1) is 7.13. The summed E-state index contributed by atoms with van der Waals surface area (Å²) in [6.45, 7) is 6.05. The topological polar surface area (TPSA) is 39.4 Å². The maximum absolute atomic E-state index is 11.5. The number of carbonyl (C=O) groups excluding carboxylic acids is 1. The van der Waals surface area contributed by atoms with Gasteiger partial charge < -0.3 is 9.15 Å². The Morgan fingerprint density at radius 2 is 2.27 bits per heavy atom. The molecule has 0 aliphatic carbocycles. The molecule has 0 saturated heterocycles. The highest BCUT2D eigenvalue weighted by Gasteiger charge is 2.19. The van der Waals surface area contributed by atoms with Gasteiger partial charge in [0.2, 0.25) is 5.76 Å². The molecule has 0 atom stereocenters. The van der Waals surface area contributed by atoms with E-state index in [9.17, 15) is 4.79 Å². The zero-order chi connectivity index (χ0) is 11.0. The van der Waals surface area contributed by atoms with Gasteiger partial charge in [0.1, 0.15) is 5.58 Å². The van der Waals surface area contributed by atoms with Crippen LogP contribution in [0, 0.1) is 13.8 Å². The molecule has 15 heavy (non-hydrogen) atoms. The van der Waals surface area contributed by atoms with Gasteiger partial charge in [0.25, 0.3) is 0 Å². The summed E-state index contributed by atoms with van der Waals surface area (Å²) in [6.07, 6.45) is 0. The molecule has 0 amide bonds. The summed E-state index contributed by atoms with van der Waals surface area (Å²) in [5, 5.41) is 0. The van der Waals surface area contributed by atoms with Crippen LogP contribution in [0.25, 0.3) is 10.3 Å². The van der Waals surface area contributed by atoms with E-state index in [-0.39, 0.29) is 5.97 Å². The Hall–Kier alpha value is -1.29. The molecule has 3 nitrogen and oxygen atoms in total. The lowest BCUT2D eigenvalue weighted by atomic mass is 10.3. The van der Waals surface area contributed by atoms with Crippen molar-refractivity contribution in [1.82, 2.24) is 0 Å². The van der Waals surface area contributed by atoms with Gasteiger partial charge in [-0.15, -0.1) is 11.3 Å². The van der Waals surface area contributed by atoms with Gasteiger partial charge in [-0.1, -0.05) is 0 Å². The van der Waals surface area contributed by atoms with Gasteiger partial charge in [0.05, 0.1) is 11.3 Å². The summed E-state index contributed by atoms with van der Waals surface area (Å²) in [4.78, 5) is 12.7. The van der Waals surface area contributed by atoms with Crippen LogP contribution in [0.3, 0.4) is 0 Å². The molecule has 0 spiro atoms. The van der Waals surface area contributed by atoms with Crippen LogP contribution < -0.4 is 0 Å². The Kier molecular flexibility index (Phi) is 2.52. The molecule has 2 rings (SSSR count). The van der Waals surface area contributed by atoms with E-state index in [1.807, 2.05) is 19.9 Å². The molecule has 0 aliphatic heterocycles. The number of rotatable bonds is 2. The molecule has 0 aromatic carbocycles. The first-order valence-electron chi connectivity index (χ1n) is 4.80. The molecule has 80 valence electrons. The molecule has 4 heteroatoms. The van der Waals surface area contributed by atoms with Crippen molar-refractivity contribution in [2.24, 2.45) is 0 Å². The molecule has 0 bridgehead atoms. The fraction of sp³-hybridized carbons (Fsp3) is 0.364. The molecular weight excluding hydrogens is 212 g/mol. The van der Waals surface area contributed by atoms with Crippen LogP contribution in [0.2, 0.25) is 0 Å². The van der Waals surface area contributed by atoms with Gasteiger partial charge in [0, 0.05) is 10.4 Å². The molecule has 0 unspecified atom stereocenters. The number of thiophene rings is 1. The molecule has 0 fully saturated rings. The van der Waals surface area contributed by atoms with Crippen molar-refractivity contribution < 1.29 is 13.9 Å². The van der Waals surface area contributed by atoms with Gasteiger partial charge in [-0.05, 0) is 26.8 Å². The lowest BCUT2D eigenvalue weighted by Gasteiger charge is -1.98. The van der Waals surface area contributed by atoms with Crippen LogP contribution in [0.4, 0.5) is 0 Å². The van der Waals surface area contributed by atoms with Crippen molar-refractivity contribution in [3.8, 4) is 0 Å². The molecule has 2 aromatic heterocycles. The highest BCUT2D eigenvalue weighted by molar-refractivity contribution is 7.19. The third-order valence-electron chi connectivity index (χ3n) is 2.18. The van der Waals surface area contributed by atoms with E-state index in [0.29, 0.717) is 12.4 Å². The summed E-state index contributed by atoms with van der Waals surface area (Å²) in [7, 11) is 0. The van der Waals surface area contributed by atoms with E-state index in [2.05, 4.69) is 0 Å². The normalized spacial score (nSPS) is 10.9. The van der Waals surface area contributed by atoms with Gasteiger partial charge in [-0.2, -0.15) is 0 Å². The van der Waals surface area contributed by atoms with E-state index < -0.39 is 0 Å². The number of ether oxygens (including phenoxy) is 1. The number of hydrogen-bond donors (Lipinski definition) is 0. The number of furan rings is 1. The van der Waals surface area contributed by atoms with Gasteiger partial charge in [-0.25, -0.2) is 4.79 Å². The smallest absolute Gasteiger partial charge is 0.374 e. The third-order valence-corrected chi connectivity index (χ3v) is 3.33. The predicted octanol–water partition coefficient (Wildman–Crippen LogP) is 3.29. The van der Waals surface area contributed by atoms with Crippen LogP contribution in [0.15, 0.2) is 10.5 Å². The molecule has 2 aromatic rings. The quantitative estimate of drug-likeness (QED) is 0.735. The van der Waals surface area contributed by atoms with Crippen molar-refractivity contribution in [2.45, 2.75) is 20.8 Å². The minimum atomic E-state index is -0.379. The van der Waals surface area contributed by atoms with Crippen LogP contribution >= 0.6 is 11.3 Å². The van der Waals surface area contributed by atoms with Gasteiger partial charge in [0.15, 0.2) is 0 Å². The molecule has 0 saturated carbocycles. The average Bonchev–Trinajstić information content (AvgIpc) is 2.66. The first-order valence-corrected chi connectivity index (χ1v) is 5.61. The van der Waals surface area contributed by atoms with Crippen molar-refractivity contribution in [1.29, 1.82) is 0 Å². The van der Waals surface area contributed by atoms with Crippen molar-refractivity contribution in [2.75, 3.05) is 6.61 Å². The molecule has 0 N–H and O–H groups in total. The second-order valence-electron chi connectivity index (χ2n) is 3.33. The Balaban J connectivity index is 2.49. The number of carbonyl (C=O) groups is 1. The van der Waals surface area contributed by atoms with Crippen LogP contribution in [0.1, 0.15) is 27.9 Å². The molecule has 0 aliphatic rings. The summed E-state index contributed by atoms with van der Waals surface area (Å²) < 4.78 is 11.4. The SMILES string of the molecule is CCOC(=O)c1oc2cc(C)sc2c1C. The van der Waals surface area contributed by atoms with Crippen molar-refractivity contribution >= 4 is 27.6 Å². The van der Waals surface area contributed by atoms with Crippen molar-refractivity contribution in [3.63, 3.8) is 0 Å². The average molecular weight is 224 g/mol. The minimum absolute atomic E-state index is 0.332. The molecule has 0 radical (unpaired) electrons. The zero-order valence-corrected chi connectivity index (χ0v) is 9.73. The Bertz CT molecular complexity index is 507. The third kappa shape index (κ3) is 1.65. The Morgan fingerprint density at radius 1 is 1.53 bits per heavy atom. The largest absolute Gasteiger partial charge is 0.460 e. The summed E-state index contributed by atoms with van der Waals surface area (Å²) in [5.74, 6) is -0.0471. The Labute approximate surface area is 91.6 Å². The summed E-state index contributed by atoms with van der Waals surface area (Å²) >= 11 is 1.63. The van der Waals surface area contributed by atoms with Crippen LogP contribution in [0.5, 0.6) is 0 Å². The highest BCUT2D eigenvalue weighted by Crippen LogP contribution is 2.32. The number of hydrogen-bond acceptors (Lipinski definition) is 4. The number of aryl methyl sites for hydroxylation is 2. The monoisotopic (exact) mass is 224 g/mol. The highest BCUT2D eigenvalue weighted by atomic mass is 32.1. The zero-order valence-electron chi connectivity index (χ0n) is 8.92. The summed E-state index contributed by atoms with van der Waals surface area (Å²) in [6, 6.07) is 1.94. The Morgan fingerprint density at radius 3 is 2.87 bits per heavy atom. The maximum Gasteiger partial charge on any atom is 0.374 e. The van der Waals surface area contributed by atoms with Gasteiger partial charge >= 0.3 is 5.97 Å². The summed E-state index contributed by atoms with van der Waals surface area (Å²) in [5.41, 5.74) is 1.65. The number of fused-ring (bicyclic) bond motifs is 1. The van der Waals surface area contributed by atoms with Crippen LogP contribution in [-0.4, -0.2) is 12.6 Å². The van der Waals surface area contributed by atoms with E-state index in [0.717, 1.165) is 15.8 Å². The molecule has 2 heterocycles. The maximum atomic E-state index is 11.5. The van der Waals surface area contributed by atoms with E-state index >= 15 is 0 Å². The fourth-order valence-corrected chi connectivity index (χ4v) is 2.44. The standard InChI is InChI=1S/C11H12O3S/c1-4-13-11(12)9-7(3)10-8(14-9)5-6(2)15-10/h5H,4H2,1-3H3. The van der Waals surface area contributed by atoms with Gasteiger partial charge in [-0.3, -0.25) is 0 Å². The predicted molar refractivity (Wildman–Crippen MR) is 59.5 cm³/mol. The lowest BCUT2D eigenvalue weighted by Crippen LogP contribution is -2.04. The molecular formula is C11H12O3S. The second-order valence-corrected chi connectivity index (χ2v) is 4.58. The van der Waals surface area contributed by atoms with E-state index in [4.69, 9.17) is 9.15 Å². The minimum Gasteiger partial charge on any atom is -0.460 e. The second kappa shape index (κ2) is 3.70. The fourth-order valence-electron chi connectivity index (χ4n) is 1.51. The van der Waals surface area contributed by atoms with Crippen molar-refractivity contribution in [3.05, 3.63) is 22.3 Å². The first kappa shape index (κ1) is 10.2. The van der Waals surface area contributed by atoms with Crippen LogP contribution in [-0.2, 0) is 4.74 Å². The lowest BCUT2D eigenvalue weighted by molar-refractivity contribution is 0.0491. The van der Waals surface area contributed by atoms with E-state index in [1.165, 1.54) is 4.88 Å².